The number of benzene rings is 1. The number of carbonyl (C=O) groups is 1. The van der Waals surface area contributed by atoms with Crippen molar-refractivity contribution in [1.29, 1.82) is 0 Å². The van der Waals surface area contributed by atoms with Crippen molar-refractivity contribution in [3.63, 3.8) is 0 Å². The van der Waals surface area contributed by atoms with E-state index in [0.29, 0.717) is 22.8 Å². The van der Waals surface area contributed by atoms with Crippen molar-refractivity contribution < 1.29 is 19.2 Å². The van der Waals surface area contributed by atoms with Crippen LogP contribution in [0.5, 0.6) is 5.75 Å². The van der Waals surface area contributed by atoms with Crippen LogP contribution in [0.3, 0.4) is 0 Å². The molecule has 0 aliphatic heterocycles. The van der Waals surface area contributed by atoms with Gasteiger partial charge in [-0.25, -0.2) is 4.79 Å². The summed E-state index contributed by atoms with van der Waals surface area (Å²) in [6.45, 7) is 1.87. The fourth-order valence-corrected chi connectivity index (χ4v) is 1.98. The van der Waals surface area contributed by atoms with Crippen LogP contribution in [0.15, 0.2) is 28.8 Å². The number of methoxy groups -OCH3 is 1. The molecule has 0 fully saturated rings. The van der Waals surface area contributed by atoms with Gasteiger partial charge in [-0.3, -0.25) is 4.90 Å². The molecule has 0 spiro atoms. The second-order valence-corrected chi connectivity index (χ2v) is 4.94. The quantitative estimate of drug-likeness (QED) is 0.910. The van der Waals surface area contributed by atoms with Crippen molar-refractivity contribution in [2.75, 3.05) is 21.2 Å². The van der Waals surface area contributed by atoms with Crippen LogP contribution in [-0.2, 0) is 0 Å². The number of halogens is 1. The number of hydrogen-bond acceptors (Lipinski definition) is 5. The highest BCUT2D eigenvalue weighted by molar-refractivity contribution is 5.96. The molecule has 0 aliphatic rings. The van der Waals surface area contributed by atoms with Crippen molar-refractivity contribution in [1.82, 2.24) is 10.1 Å². The van der Waals surface area contributed by atoms with E-state index in [1.807, 2.05) is 25.9 Å². The number of aromatic carboxylic acids is 1. The van der Waals surface area contributed by atoms with E-state index in [2.05, 4.69) is 5.16 Å². The van der Waals surface area contributed by atoms with Crippen LogP contribution in [0.1, 0.15) is 29.1 Å². The van der Waals surface area contributed by atoms with Gasteiger partial charge in [0.25, 0.3) is 0 Å². The Kier molecular flexibility index (Phi) is 5.96. The maximum Gasteiger partial charge on any atom is 0.341 e. The Morgan fingerprint density at radius 2 is 1.91 bits per heavy atom. The molecule has 2 aromatic rings. The van der Waals surface area contributed by atoms with Gasteiger partial charge >= 0.3 is 5.97 Å². The zero-order valence-corrected chi connectivity index (χ0v) is 13.7. The van der Waals surface area contributed by atoms with Crippen LogP contribution in [-0.4, -0.2) is 42.3 Å². The minimum atomic E-state index is -1.05. The third-order valence-electron chi connectivity index (χ3n) is 3.45. The van der Waals surface area contributed by atoms with Crippen molar-refractivity contribution >= 4 is 18.4 Å². The average Bonchev–Trinajstić information content (AvgIpc) is 2.91. The molecule has 1 heterocycles. The summed E-state index contributed by atoms with van der Waals surface area (Å²) in [5.41, 5.74) is 1.10. The second kappa shape index (κ2) is 7.29. The van der Waals surface area contributed by atoms with Crippen molar-refractivity contribution in [2.24, 2.45) is 0 Å². The molecule has 6 nitrogen and oxygen atoms in total. The topological polar surface area (TPSA) is 75.8 Å². The van der Waals surface area contributed by atoms with E-state index < -0.39 is 5.97 Å². The zero-order valence-electron chi connectivity index (χ0n) is 12.9. The molecule has 0 radical (unpaired) electrons. The SMILES string of the molecule is COc1ccc(-c2noc([C@@H](C)N(C)C)c2C(=O)O)cc1.Cl. The summed E-state index contributed by atoms with van der Waals surface area (Å²) in [5.74, 6) is -0.00918. The van der Waals surface area contributed by atoms with Crippen LogP contribution in [0.25, 0.3) is 11.3 Å². The summed E-state index contributed by atoms with van der Waals surface area (Å²) in [7, 11) is 5.28. The minimum absolute atomic E-state index is 0. The molecule has 1 aromatic carbocycles. The number of aromatic nitrogens is 1. The molecule has 1 atom stereocenters. The summed E-state index contributed by atoms with van der Waals surface area (Å²) < 4.78 is 10.4. The Morgan fingerprint density at radius 1 is 1.32 bits per heavy atom. The Morgan fingerprint density at radius 3 is 2.36 bits per heavy atom. The highest BCUT2D eigenvalue weighted by atomic mass is 35.5. The molecule has 22 heavy (non-hydrogen) atoms. The van der Waals surface area contributed by atoms with Gasteiger partial charge in [-0.1, -0.05) is 5.16 Å². The predicted octanol–water partition coefficient (Wildman–Crippen LogP) is 3.09. The van der Waals surface area contributed by atoms with E-state index in [4.69, 9.17) is 9.26 Å². The largest absolute Gasteiger partial charge is 0.497 e. The smallest absolute Gasteiger partial charge is 0.341 e. The van der Waals surface area contributed by atoms with E-state index in [9.17, 15) is 9.90 Å². The van der Waals surface area contributed by atoms with E-state index in [1.165, 1.54) is 0 Å². The van der Waals surface area contributed by atoms with Crippen LogP contribution in [0, 0.1) is 0 Å². The Labute approximate surface area is 135 Å². The van der Waals surface area contributed by atoms with Crippen molar-refractivity contribution in [3.8, 4) is 17.0 Å². The molecule has 1 aromatic heterocycles. The van der Waals surface area contributed by atoms with E-state index >= 15 is 0 Å². The molecule has 120 valence electrons. The Bertz CT molecular complexity index is 637. The van der Waals surface area contributed by atoms with Gasteiger partial charge < -0.3 is 14.4 Å². The molecule has 0 saturated carbocycles. The summed E-state index contributed by atoms with van der Waals surface area (Å²) in [6, 6.07) is 6.84. The number of carboxylic acid groups (broad SMARTS) is 1. The van der Waals surface area contributed by atoms with Crippen molar-refractivity contribution in [2.45, 2.75) is 13.0 Å². The molecule has 2 rings (SSSR count). The lowest BCUT2D eigenvalue weighted by atomic mass is 10.0. The maximum absolute atomic E-state index is 11.6. The lowest BCUT2D eigenvalue weighted by Gasteiger charge is -2.17. The van der Waals surface area contributed by atoms with Gasteiger partial charge in [0.2, 0.25) is 0 Å². The fraction of sp³-hybridized carbons (Fsp3) is 0.333. The van der Waals surface area contributed by atoms with Crippen LogP contribution in [0.4, 0.5) is 0 Å². The number of hydrogen-bond donors (Lipinski definition) is 1. The molecular weight excluding hydrogens is 308 g/mol. The molecule has 1 N–H and O–H groups in total. The minimum Gasteiger partial charge on any atom is -0.497 e. The average molecular weight is 327 g/mol. The summed E-state index contributed by atoms with van der Waals surface area (Å²) in [4.78, 5) is 13.4. The van der Waals surface area contributed by atoms with Gasteiger partial charge in [-0.15, -0.1) is 12.4 Å². The van der Waals surface area contributed by atoms with Gasteiger partial charge in [-0.05, 0) is 45.3 Å². The third-order valence-corrected chi connectivity index (χ3v) is 3.45. The van der Waals surface area contributed by atoms with E-state index in [0.717, 1.165) is 0 Å². The highest BCUT2D eigenvalue weighted by Crippen LogP contribution is 2.31. The first-order valence-corrected chi connectivity index (χ1v) is 6.49. The third kappa shape index (κ3) is 3.40. The molecular formula is C15H19ClN2O4. The molecule has 0 bridgehead atoms. The van der Waals surface area contributed by atoms with Crippen LogP contribution in [0.2, 0.25) is 0 Å². The number of rotatable bonds is 5. The molecule has 7 heteroatoms. The van der Waals surface area contributed by atoms with Crippen LogP contribution >= 0.6 is 12.4 Å². The molecule has 0 saturated heterocycles. The van der Waals surface area contributed by atoms with Gasteiger partial charge in [0.15, 0.2) is 5.76 Å². The summed E-state index contributed by atoms with van der Waals surface area (Å²) in [6.07, 6.45) is 0. The lowest BCUT2D eigenvalue weighted by molar-refractivity contribution is 0.0692. The molecule has 0 amide bonds. The Hall–Kier alpha value is -2.05. The normalized spacial score (nSPS) is 11.9. The van der Waals surface area contributed by atoms with Gasteiger partial charge in [-0.2, -0.15) is 0 Å². The zero-order chi connectivity index (χ0) is 15.6. The number of carboxylic acids is 1. The maximum atomic E-state index is 11.6. The summed E-state index contributed by atoms with van der Waals surface area (Å²) >= 11 is 0. The number of nitrogens with zero attached hydrogens (tertiary/aromatic N) is 2. The standard InChI is InChI=1S/C15H18N2O4.ClH/c1-9(17(2)3)14-12(15(18)19)13(16-21-14)10-5-7-11(20-4)8-6-10;/h5-9H,1-4H3,(H,18,19);1H/t9-;/m1./s1. The first-order chi connectivity index (χ1) is 9.95. The monoisotopic (exact) mass is 326 g/mol. The molecule has 0 aliphatic carbocycles. The van der Waals surface area contributed by atoms with Gasteiger partial charge in [0.05, 0.1) is 13.2 Å². The first kappa shape index (κ1) is 18.0. The lowest BCUT2D eigenvalue weighted by Crippen LogP contribution is -2.18. The number of ether oxygens (including phenoxy) is 1. The molecule has 0 unspecified atom stereocenters. The predicted molar refractivity (Wildman–Crippen MR) is 84.8 cm³/mol. The Balaban J connectivity index is 0.00000242. The van der Waals surface area contributed by atoms with Gasteiger partial charge in [0.1, 0.15) is 17.0 Å². The second-order valence-electron chi connectivity index (χ2n) is 4.94. The van der Waals surface area contributed by atoms with E-state index in [1.54, 1.807) is 31.4 Å². The van der Waals surface area contributed by atoms with Crippen LogP contribution < -0.4 is 4.74 Å². The fourth-order valence-electron chi connectivity index (χ4n) is 1.98. The summed E-state index contributed by atoms with van der Waals surface area (Å²) in [5, 5.41) is 13.4. The first-order valence-electron chi connectivity index (χ1n) is 6.49. The van der Waals surface area contributed by atoms with Crippen molar-refractivity contribution in [3.05, 3.63) is 35.6 Å². The van der Waals surface area contributed by atoms with Gasteiger partial charge in [0, 0.05) is 5.56 Å². The van der Waals surface area contributed by atoms with E-state index in [-0.39, 0.29) is 24.0 Å². The highest BCUT2D eigenvalue weighted by Gasteiger charge is 2.27.